The third kappa shape index (κ3) is 7.19. The van der Waals surface area contributed by atoms with E-state index in [0.717, 1.165) is 22.8 Å². The van der Waals surface area contributed by atoms with Gasteiger partial charge in [0.05, 0.1) is 0 Å². The number of esters is 1. The van der Waals surface area contributed by atoms with Crippen molar-refractivity contribution >= 4 is 18.0 Å². The average Bonchev–Trinajstić information content (AvgIpc) is 2.64. The molecule has 0 saturated carbocycles. The Kier molecular flexibility index (Phi) is 7.69. The summed E-state index contributed by atoms with van der Waals surface area (Å²) in [5.41, 5.74) is 3.35. The van der Waals surface area contributed by atoms with Crippen LogP contribution in [0.5, 0.6) is 5.75 Å². The number of halogens is 1. The van der Waals surface area contributed by atoms with Crippen molar-refractivity contribution in [3.05, 3.63) is 82.7 Å². The van der Waals surface area contributed by atoms with E-state index < -0.39 is 11.9 Å². The molecule has 0 radical (unpaired) electrons. The van der Waals surface area contributed by atoms with Crippen LogP contribution in [-0.4, -0.2) is 17.0 Å². The first kappa shape index (κ1) is 21.1. The first-order valence-corrected chi connectivity index (χ1v) is 8.96. The zero-order valence-corrected chi connectivity index (χ0v) is 15.9. The molecule has 0 heterocycles. The van der Waals surface area contributed by atoms with Crippen LogP contribution in [0, 0.1) is 5.82 Å². The number of aryl methyl sites for hydroxylation is 1. The number of allylic oxidation sites excluding steroid dienone is 2. The van der Waals surface area contributed by atoms with E-state index in [-0.39, 0.29) is 12.2 Å². The largest absolute Gasteiger partial charge is 0.478 e. The molecule has 0 aliphatic rings. The standard InChI is InChI=1S/C23H23FO4/c1-16(2)6-10-19-14-18(8-12-22(25)26)7-11-21(19)28-23(27)13-9-17-4-3-5-20(24)15-17/h3-8,11-12,14-15H,9-10,13H2,1-2H3,(H,25,26)/b12-8+. The van der Waals surface area contributed by atoms with Crippen molar-refractivity contribution in [3.63, 3.8) is 0 Å². The van der Waals surface area contributed by atoms with E-state index in [1.807, 2.05) is 19.9 Å². The van der Waals surface area contributed by atoms with Crippen LogP contribution in [0.15, 0.2) is 60.2 Å². The van der Waals surface area contributed by atoms with Crippen LogP contribution >= 0.6 is 0 Å². The van der Waals surface area contributed by atoms with Crippen LogP contribution in [0.1, 0.15) is 37.0 Å². The molecule has 0 fully saturated rings. The Morgan fingerprint density at radius 2 is 1.93 bits per heavy atom. The highest BCUT2D eigenvalue weighted by Crippen LogP contribution is 2.23. The lowest BCUT2D eigenvalue weighted by Gasteiger charge is -2.10. The van der Waals surface area contributed by atoms with Gasteiger partial charge in [0, 0.05) is 12.5 Å². The van der Waals surface area contributed by atoms with Crippen molar-refractivity contribution in [1.29, 1.82) is 0 Å². The van der Waals surface area contributed by atoms with Gasteiger partial charge in [0.1, 0.15) is 11.6 Å². The molecule has 1 N–H and O–H groups in total. The maximum absolute atomic E-state index is 13.2. The quantitative estimate of drug-likeness (QED) is 0.303. The van der Waals surface area contributed by atoms with Gasteiger partial charge in [-0.2, -0.15) is 0 Å². The number of hydrogen-bond acceptors (Lipinski definition) is 3. The van der Waals surface area contributed by atoms with E-state index in [0.29, 0.717) is 24.2 Å². The van der Waals surface area contributed by atoms with Crippen LogP contribution in [-0.2, 0) is 22.4 Å². The second-order valence-corrected chi connectivity index (χ2v) is 6.63. The maximum Gasteiger partial charge on any atom is 0.328 e. The monoisotopic (exact) mass is 382 g/mol. The molecule has 0 atom stereocenters. The number of benzene rings is 2. The summed E-state index contributed by atoms with van der Waals surface area (Å²) in [6, 6.07) is 11.3. The number of hydrogen-bond donors (Lipinski definition) is 1. The number of ether oxygens (including phenoxy) is 1. The predicted octanol–water partition coefficient (Wildman–Crippen LogP) is 4.97. The van der Waals surface area contributed by atoms with Gasteiger partial charge in [-0.3, -0.25) is 4.79 Å². The molecule has 0 aromatic heterocycles. The number of carbonyl (C=O) groups is 2. The van der Waals surface area contributed by atoms with E-state index in [4.69, 9.17) is 9.84 Å². The van der Waals surface area contributed by atoms with Crippen molar-refractivity contribution in [2.45, 2.75) is 33.1 Å². The highest BCUT2D eigenvalue weighted by Gasteiger charge is 2.10. The maximum atomic E-state index is 13.2. The lowest BCUT2D eigenvalue weighted by molar-refractivity contribution is -0.134. The topological polar surface area (TPSA) is 63.6 Å². The zero-order chi connectivity index (χ0) is 20.5. The van der Waals surface area contributed by atoms with Crippen LogP contribution in [0.3, 0.4) is 0 Å². The van der Waals surface area contributed by atoms with Gasteiger partial charge >= 0.3 is 11.9 Å². The number of carboxylic acid groups (broad SMARTS) is 1. The number of carbonyl (C=O) groups excluding carboxylic acids is 1. The van der Waals surface area contributed by atoms with Crippen molar-refractivity contribution in [3.8, 4) is 5.75 Å². The number of carboxylic acids is 1. The third-order valence-electron chi connectivity index (χ3n) is 3.96. The van der Waals surface area contributed by atoms with E-state index in [1.165, 1.54) is 18.2 Å². The Morgan fingerprint density at radius 3 is 2.61 bits per heavy atom. The Balaban J connectivity index is 2.12. The SMILES string of the molecule is CC(C)=CCc1cc(/C=C/C(=O)O)ccc1OC(=O)CCc1cccc(F)c1. The molecule has 5 heteroatoms. The summed E-state index contributed by atoms with van der Waals surface area (Å²) < 4.78 is 18.7. The van der Waals surface area contributed by atoms with E-state index in [9.17, 15) is 14.0 Å². The van der Waals surface area contributed by atoms with Gasteiger partial charge < -0.3 is 9.84 Å². The average molecular weight is 382 g/mol. The summed E-state index contributed by atoms with van der Waals surface area (Å²) in [5.74, 6) is -1.33. The summed E-state index contributed by atoms with van der Waals surface area (Å²) in [5, 5.41) is 8.77. The Labute approximate surface area is 164 Å². The second kappa shape index (κ2) is 10.2. The molecular formula is C23H23FO4. The minimum absolute atomic E-state index is 0.131. The Morgan fingerprint density at radius 1 is 1.14 bits per heavy atom. The van der Waals surface area contributed by atoms with E-state index in [1.54, 1.807) is 30.3 Å². The molecule has 28 heavy (non-hydrogen) atoms. The van der Waals surface area contributed by atoms with Crippen molar-refractivity contribution < 1.29 is 23.8 Å². The van der Waals surface area contributed by atoms with Gasteiger partial charge in [-0.1, -0.05) is 29.8 Å². The number of rotatable bonds is 8. The van der Waals surface area contributed by atoms with E-state index in [2.05, 4.69) is 0 Å². The first-order valence-electron chi connectivity index (χ1n) is 8.96. The molecular weight excluding hydrogens is 359 g/mol. The highest BCUT2D eigenvalue weighted by atomic mass is 19.1. The van der Waals surface area contributed by atoms with Crippen LogP contribution in [0.25, 0.3) is 6.08 Å². The van der Waals surface area contributed by atoms with Gasteiger partial charge in [-0.15, -0.1) is 0 Å². The molecule has 0 saturated heterocycles. The molecule has 0 aliphatic heterocycles. The lowest BCUT2D eigenvalue weighted by atomic mass is 10.0. The van der Waals surface area contributed by atoms with Crippen molar-refractivity contribution in [1.82, 2.24) is 0 Å². The normalized spacial score (nSPS) is 10.7. The summed E-state index contributed by atoms with van der Waals surface area (Å²) in [7, 11) is 0. The molecule has 146 valence electrons. The van der Waals surface area contributed by atoms with Gasteiger partial charge in [0.25, 0.3) is 0 Å². The van der Waals surface area contributed by atoms with Gasteiger partial charge in [0.2, 0.25) is 0 Å². The first-order chi connectivity index (χ1) is 13.3. The minimum atomic E-state index is -1.03. The van der Waals surface area contributed by atoms with Crippen molar-refractivity contribution in [2.75, 3.05) is 0 Å². The lowest BCUT2D eigenvalue weighted by Crippen LogP contribution is -2.10. The Bertz CT molecular complexity index is 909. The molecule has 0 amide bonds. The number of aliphatic carboxylic acids is 1. The Hall–Kier alpha value is -3.21. The van der Waals surface area contributed by atoms with Gasteiger partial charge in [-0.25, -0.2) is 9.18 Å². The fourth-order valence-electron chi connectivity index (χ4n) is 2.56. The molecule has 2 rings (SSSR count). The molecule has 2 aromatic rings. The summed E-state index contributed by atoms with van der Waals surface area (Å²) in [6.45, 7) is 3.94. The molecule has 4 nitrogen and oxygen atoms in total. The van der Waals surface area contributed by atoms with Crippen LogP contribution in [0.4, 0.5) is 4.39 Å². The summed E-state index contributed by atoms with van der Waals surface area (Å²) in [6.07, 6.45) is 5.63. The van der Waals surface area contributed by atoms with E-state index >= 15 is 0 Å². The summed E-state index contributed by atoms with van der Waals surface area (Å²) >= 11 is 0. The highest BCUT2D eigenvalue weighted by molar-refractivity contribution is 5.85. The fourth-order valence-corrected chi connectivity index (χ4v) is 2.56. The van der Waals surface area contributed by atoms with Crippen LogP contribution < -0.4 is 4.74 Å². The fraction of sp³-hybridized carbons (Fsp3) is 0.217. The minimum Gasteiger partial charge on any atom is -0.478 e. The smallest absolute Gasteiger partial charge is 0.328 e. The second-order valence-electron chi connectivity index (χ2n) is 6.63. The summed E-state index contributed by atoms with van der Waals surface area (Å²) in [4.78, 5) is 22.9. The molecule has 0 aliphatic carbocycles. The molecule has 0 spiro atoms. The van der Waals surface area contributed by atoms with Crippen LogP contribution in [0.2, 0.25) is 0 Å². The molecule has 0 unspecified atom stereocenters. The third-order valence-corrected chi connectivity index (χ3v) is 3.96. The zero-order valence-electron chi connectivity index (χ0n) is 15.9. The van der Waals surface area contributed by atoms with Crippen molar-refractivity contribution in [2.24, 2.45) is 0 Å². The van der Waals surface area contributed by atoms with Gasteiger partial charge in [0.15, 0.2) is 0 Å². The van der Waals surface area contributed by atoms with Gasteiger partial charge in [-0.05, 0) is 73.7 Å². The molecule has 0 bridgehead atoms. The molecule has 2 aromatic carbocycles. The predicted molar refractivity (Wildman–Crippen MR) is 107 cm³/mol.